The minimum Gasteiger partial charge on any atom is -0.496 e. The molecule has 1 amide bonds. The van der Waals surface area contributed by atoms with Gasteiger partial charge in [0.05, 0.1) is 17.8 Å². The van der Waals surface area contributed by atoms with Crippen LogP contribution in [0.2, 0.25) is 5.02 Å². The summed E-state index contributed by atoms with van der Waals surface area (Å²) in [5.74, 6) is -1.22. The molecule has 0 aromatic heterocycles. The van der Waals surface area contributed by atoms with E-state index in [1.807, 2.05) is 12.2 Å². The fourth-order valence-electron chi connectivity index (χ4n) is 2.05. The van der Waals surface area contributed by atoms with Crippen LogP contribution in [0.1, 0.15) is 23.2 Å². The zero-order valence-electron chi connectivity index (χ0n) is 10.9. The number of rotatable bonds is 4. The number of carbonyl (C=O) groups excluding carboxylic acids is 1. The molecule has 1 aliphatic carbocycles. The van der Waals surface area contributed by atoms with Crippen LogP contribution in [0.15, 0.2) is 24.3 Å². The molecule has 5 nitrogen and oxygen atoms in total. The number of hydrogen-bond acceptors (Lipinski definition) is 3. The molecule has 0 fully saturated rings. The maximum atomic E-state index is 12.0. The van der Waals surface area contributed by atoms with E-state index in [2.05, 4.69) is 5.32 Å². The Kier molecular flexibility index (Phi) is 4.29. The Morgan fingerprint density at radius 2 is 2.00 bits per heavy atom. The van der Waals surface area contributed by atoms with E-state index in [0.29, 0.717) is 18.5 Å². The number of carbonyl (C=O) groups is 2. The molecule has 0 saturated carbocycles. The van der Waals surface area contributed by atoms with Gasteiger partial charge in [-0.15, -0.1) is 0 Å². The lowest BCUT2D eigenvalue weighted by atomic mass is 10.1. The van der Waals surface area contributed by atoms with Gasteiger partial charge in [-0.25, -0.2) is 4.79 Å². The number of methoxy groups -OCH3 is 1. The van der Waals surface area contributed by atoms with Crippen LogP contribution >= 0.6 is 11.6 Å². The predicted molar refractivity (Wildman–Crippen MR) is 75.5 cm³/mol. The molecule has 1 aromatic rings. The zero-order chi connectivity index (χ0) is 14.7. The van der Waals surface area contributed by atoms with E-state index >= 15 is 0 Å². The minimum absolute atomic E-state index is 0.0435. The molecular formula is C14H14ClNO4. The number of ether oxygens (including phenoxy) is 1. The highest BCUT2D eigenvalue weighted by molar-refractivity contribution is 6.34. The smallest absolute Gasteiger partial charge is 0.339 e. The van der Waals surface area contributed by atoms with Crippen molar-refractivity contribution in [3.63, 3.8) is 0 Å². The lowest BCUT2D eigenvalue weighted by Gasteiger charge is -2.14. The first-order valence-electron chi connectivity index (χ1n) is 6.09. The van der Waals surface area contributed by atoms with Crippen LogP contribution in [0, 0.1) is 5.92 Å². The minimum atomic E-state index is -1.14. The molecule has 6 heteroatoms. The quantitative estimate of drug-likeness (QED) is 0.837. The Labute approximate surface area is 121 Å². The SMILES string of the molecule is COc1cc(NC(=O)C2CC=CC2)c(Cl)cc1C(=O)O. The van der Waals surface area contributed by atoms with E-state index in [0.717, 1.165) is 0 Å². The third-order valence-corrected chi connectivity index (χ3v) is 3.47. The lowest BCUT2D eigenvalue weighted by molar-refractivity contribution is -0.119. The number of carboxylic acids is 1. The van der Waals surface area contributed by atoms with E-state index in [1.54, 1.807) is 0 Å². The number of anilines is 1. The predicted octanol–water partition coefficient (Wildman–Crippen LogP) is 2.95. The third-order valence-electron chi connectivity index (χ3n) is 3.16. The molecule has 0 spiro atoms. The molecular weight excluding hydrogens is 282 g/mol. The van der Waals surface area contributed by atoms with Crippen molar-refractivity contribution in [1.29, 1.82) is 0 Å². The standard InChI is InChI=1S/C14H14ClNO4/c1-20-12-7-11(10(15)6-9(12)14(18)19)16-13(17)8-4-2-3-5-8/h2-3,6-8H,4-5H2,1H3,(H,16,17)(H,18,19). The molecule has 0 aliphatic heterocycles. The summed E-state index contributed by atoms with van der Waals surface area (Å²) in [5, 5.41) is 11.9. The summed E-state index contributed by atoms with van der Waals surface area (Å²) in [4.78, 5) is 23.1. The van der Waals surface area contributed by atoms with Crippen molar-refractivity contribution in [2.45, 2.75) is 12.8 Å². The molecule has 0 unspecified atom stereocenters. The maximum Gasteiger partial charge on any atom is 0.339 e. The second-order valence-electron chi connectivity index (χ2n) is 4.47. The van der Waals surface area contributed by atoms with Gasteiger partial charge in [-0.1, -0.05) is 23.8 Å². The molecule has 1 aliphatic rings. The molecule has 1 aromatic carbocycles. The largest absolute Gasteiger partial charge is 0.496 e. The van der Waals surface area contributed by atoms with Gasteiger partial charge in [0.25, 0.3) is 0 Å². The van der Waals surface area contributed by atoms with Crippen LogP contribution in [0.4, 0.5) is 5.69 Å². The molecule has 20 heavy (non-hydrogen) atoms. The summed E-state index contributed by atoms with van der Waals surface area (Å²) >= 11 is 6.00. The second kappa shape index (κ2) is 5.96. The summed E-state index contributed by atoms with van der Waals surface area (Å²) in [7, 11) is 1.36. The number of amides is 1. The number of allylic oxidation sites excluding steroid dienone is 2. The topological polar surface area (TPSA) is 75.6 Å². The van der Waals surface area contributed by atoms with Gasteiger partial charge in [0, 0.05) is 12.0 Å². The van der Waals surface area contributed by atoms with Crippen LogP contribution in [-0.4, -0.2) is 24.1 Å². The van der Waals surface area contributed by atoms with E-state index in [9.17, 15) is 9.59 Å². The highest BCUT2D eigenvalue weighted by Crippen LogP contribution is 2.32. The van der Waals surface area contributed by atoms with Gasteiger partial charge in [-0.2, -0.15) is 0 Å². The average molecular weight is 296 g/mol. The number of benzene rings is 1. The normalized spacial score (nSPS) is 14.3. The highest BCUT2D eigenvalue weighted by atomic mass is 35.5. The molecule has 106 valence electrons. The highest BCUT2D eigenvalue weighted by Gasteiger charge is 2.21. The summed E-state index contributed by atoms with van der Waals surface area (Å²) in [6.07, 6.45) is 5.32. The molecule has 0 bridgehead atoms. The number of carboxylic acid groups (broad SMARTS) is 1. The van der Waals surface area contributed by atoms with Crippen molar-refractivity contribution in [3.05, 3.63) is 34.9 Å². The van der Waals surface area contributed by atoms with Crippen molar-refractivity contribution >= 4 is 29.2 Å². The van der Waals surface area contributed by atoms with Gasteiger partial charge in [0.1, 0.15) is 11.3 Å². The average Bonchev–Trinajstić information content (AvgIpc) is 2.94. The molecule has 0 heterocycles. The molecule has 0 atom stereocenters. The molecule has 2 N–H and O–H groups in total. The Morgan fingerprint density at radius 3 is 2.55 bits per heavy atom. The number of nitrogens with one attached hydrogen (secondary N) is 1. The van der Waals surface area contributed by atoms with Crippen LogP contribution in [0.5, 0.6) is 5.75 Å². The Morgan fingerprint density at radius 1 is 1.35 bits per heavy atom. The molecule has 0 saturated heterocycles. The van der Waals surface area contributed by atoms with Gasteiger partial charge in [-0.05, 0) is 18.9 Å². The van der Waals surface area contributed by atoms with Crippen LogP contribution in [0.3, 0.4) is 0 Å². The van der Waals surface area contributed by atoms with E-state index in [4.69, 9.17) is 21.4 Å². The van der Waals surface area contributed by atoms with Gasteiger partial charge >= 0.3 is 5.97 Å². The number of hydrogen-bond donors (Lipinski definition) is 2. The fourth-order valence-corrected chi connectivity index (χ4v) is 2.26. The van der Waals surface area contributed by atoms with Crippen molar-refractivity contribution in [3.8, 4) is 5.75 Å². The Balaban J connectivity index is 2.23. The molecule has 0 radical (unpaired) electrons. The summed E-state index contributed by atoms with van der Waals surface area (Å²) in [5.41, 5.74) is 0.309. The molecule has 2 rings (SSSR count). The monoisotopic (exact) mass is 295 g/mol. The van der Waals surface area contributed by atoms with Crippen molar-refractivity contribution in [1.82, 2.24) is 0 Å². The Hall–Kier alpha value is -2.01. The van der Waals surface area contributed by atoms with Crippen LogP contribution < -0.4 is 10.1 Å². The number of halogens is 1. The van der Waals surface area contributed by atoms with Gasteiger partial charge in [0.15, 0.2) is 0 Å². The van der Waals surface area contributed by atoms with Crippen LogP contribution in [0.25, 0.3) is 0 Å². The first kappa shape index (κ1) is 14.4. The van der Waals surface area contributed by atoms with Crippen molar-refractivity contribution < 1.29 is 19.4 Å². The summed E-state index contributed by atoms with van der Waals surface area (Å²) < 4.78 is 5.01. The van der Waals surface area contributed by atoms with Crippen LogP contribution in [-0.2, 0) is 4.79 Å². The number of aromatic carboxylic acids is 1. The van der Waals surface area contributed by atoms with Crippen molar-refractivity contribution in [2.24, 2.45) is 5.92 Å². The lowest BCUT2D eigenvalue weighted by Crippen LogP contribution is -2.21. The van der Waals surface area contributed by atoms with E-state index in [1.165, 1.54) is 19.2 Å². The van der Waals surface area contributed by atoms with Gasteiger partial charge in [0.2, 0.25) is 5.91 Å². The summed E-state index contributed by atoms with van der Waals surface area (Å²) in [6, 6.07) is 2.69. The maximum absolute atomic E-state index is 12.0. The first-order chi connectivity index (χ1) is 9.52. The summed E-state index contributed by atoms with van der Waals surface area (Å²) in [6.45, 7) is 0. The van der Waals surface area contributed by atoms with Crippen molar-refractivity contribution in [2.75, 3.05) is 12.4 Å². The fraction of sp³-hybridized carbons (Fsp3) is 0.286. The third kappa shape index (κ3) is 2.93. The van der Waals surface area contributed by atoms with Gasteiger partial charge < -0.3 is 15.2 Å². The van der Waals surface area contributed by atoms with E-state index in [-0.39, 0.29) is 28.2 Å². The zero-order valence-corrected chi connectivity index (χ0v) is 11.6. The second-order valence-corrected chi connectivity index (χ2v) is 4.87. The van der Waals surface area contributed by atoms with E-state index < -0.39 is 5.97 Å². The van der Waals surface area contributed by atoms with Gasteiger partial charge in [-0.3, -0.25) is 4.79 Å². The first-order valence-corrected chi connectivity index (χ1v) is 6.47. The Bertz CT molecular complexity index is 575.